The van der Waals surface area contributed by atoms with E-state index in [-0.39, 0.29) is 29.3 Å². The van der Waals surface area contributed by atoms with E-state index in [2.05, 4.69) is 53.3 Å². The molecule has 2 saturated heterocycles. The fourth-order valence-corrected chi connectivity index (χ4v) is 6.24. The van der Waals surface area contributed by atoms with E-state index in [1.165, 1.54) is 5.56 Å². The molecule has 0 bridgehead atoms. The third kappa shape index (κ3) is 5.15. The molecule has 3 heterocycles. The van der Waals surface area contributed by atoms with Crippen molar-refractivity contribution in [2.24, 2.45) is 5.92 Å². The average Bonchev–Trinajstić information content (AvgIpc) is 3.21. The van der Waals surface area contributed by atoms with Gasteiger partial charge in [-0.3, -0.25) is 9.69 Å². The number of aliphatic hydroxyl groups is 1. The number of nitrogens with two attached hydrogens (primary N) is 1. The zero-order chi connectivity index (χ0) is 25.3. The number of amides is 1. The van der Waals surface area contributed by atoms with Crippen LogP contribution in [0.2, 0.25) is 0 Å². The van der Waals surface area contributed by atoms with Crippen LogP contribution in [0, 0.1) is 5.92 Å². The first-order valence-corrected chi connectivity index (χ1v) is 13.5. The Morgan fingerprint density at radius 2 is 1.81 bits per heavy atom. The molecule has 1 amide bonds. The van der Waals surface area contributed by atoms with Crippen LogP contribution in [0.3, 0.4) is 0 Å². The molecule has 3 aliphatic rings. The zero-order valence-corrected chi connectivity index (χ0v) is 21.6. The molecule has 0 radical (unpaired) electrons. The van der Waals surface area contributed by atoms with Crippen molar-refractivity contribution < 1.29 is 14.6 Å². The molecule has 7 heteroatoms. The minimum atomic E-state index is -0.254. The van der Waals surface area contributed by atoms with Crippen molar-refractivity contribution in [3.63, 3.8) is 0 Å². The maximum atomic E-state index is 13.0. The zero-order valence-electron chi connectivity index (χ0n) is 21.6. The summed E-state index contributed by atoms with van der Waals surface area (Å²) in [6, 6.07) is 11.3. The number of likely N-dealkylation sites (tertiary alicyclic amines) is 1. The number of carbonyl (C=O) groups excluding carboxylic acids is 1. The Morgan fingerprint density at radius 3 is 2.50 bits per heavy atom. The Balaban J connectivity index is 1.30. The number of benzene rings is 1. The van der Waals surface area contributed by atoms with E-state index in [9.17, 15) is 9.90 Å². The number of nitrogens with zero attached hydrogens (tertiary/aromatic N) is 2. The van der Waals surface area contributed by atoms with E-state index in [0.717, 1.165) is 76.0 Å². The van der Waals surface area contributed by atoms with Gasteiger partial charge in [-0.25, -0.2) is 4.98 Å². The maximum absolute atomic E-state index is 13.0. The molecule has 7 nitrogen and oxygen atoms in total. The molecule has 2 aliphatic heterocycles. The fourth-order valence-electron chi connectivity index (χ4n) is 6.24. The smallest absolute Gasteiger partial charge is 0.255 e. The third-order valence-electron chi connectivity index (χ3n) is 8.91. The first-order valence-electron chi connectivity index (χ1n) is 13.5. The Kier molecular flexibility index (Phi) is 7.33. The standard InChI is InChI=1S/C29H40N4O3/c1-19-17-33(24-11-13-36-14-12-24)18-29(19,2)22-5-3-20(4-6-22)21-15-26(27(30)31-16-21)28(35)32-23-7-9-25(34)10-8-23/h3-6,15-16,19,23-25,34H,7-14,17-18H2,1-2H3,(H2,30,31)(H,32,35)/t19-,23?,25?,29-/m1/s1. The lowest BCUT2D eigenvalue weighted by atomic mass is 9.75. The molecule has 2 aromatic rings. The van der Waals surface area contributed by atoms with Crippen molar-refractivity contribution in [1.82, 2.24) is 15.2 Å². The molecular weight excluding hydrogens is 452 g/mol. The number of aromatic nitrogens is 1. The summed E-state index contributed by atoms with van der Waals surface area (Å²) in [6.45, 7) is 8.71. The van der Waals surface area contributed by atoms with Gasteiger partial charge in [0.15, 0.2) is 0 Å². The van der Waals surface area contributed by atoms with E-state index < -0.39 is 0 Å². The molecule has 0 spiro atoms. The van der Waals surface area contributed by atoms with Crippen LogP contribution in [0.5, 0.6) is 0 Å². The Bertz CT molecular complexity index is 1060. The van der Waals surface area contributed by atoms with Gasteiger partial charge in [0, 0.05) is 55.6 Å². The number of hydrogen-bond acceptors (Lipinski definition) is 6. The number of nitrogens with one attached hydrogen (secondary N) is 1. The molecule has 1 saturated carbocycles. The topological polar surface area (TPSA) is 101 Å². The third-order valence-corrected chi connectivity index (χ3v) is 8.91. The number of rotatable bonds is 5. The molecule has 1 aliphatic carbocycles. The van der Waals surface area contributed by atoms with Crippen molar-refractivity contribution in [2.45, 2.75) is 76.0 Å². The number of pyridine rings is 1. The summed E-state index contributed by atoms with van der Waals surface area (Å²) in [5, 5.41) is 12.8. The van der Waals surface area contributed by atoms with Gasteiger partial charge >= 0.3 is 0 Å². The summed E-state index contributed by atoms with van der Waals surface area (Å²) in [4.78, 5) is 20.0. The molecule has 3 fully saturated rings. The van der Waals surface area contributed by atoms with Gasteiger partial charge in [-0.2, -0.15) is 0 Å². The Hall–Kier alpha value is -2.48. The first-order chi connectivity index (χ1) is 17.3. The van der Waals surface area contributed by atoms with Crippen LogP contribution in [0.15, 0.2) is 36.5 Å². The monoisotopic (exact) mass is 492 g/mol. The SMILES string of the molecule is C[C@@H]1CN(C2CCOCC2)C[C@@]1(C)c1ccc(-c2cnc(N)c(C(=O)NC3CCC(O)CC3)c2)cc1. The second-order valence-electron chi connectivity index (χ2n) is 11.3. The predicted octanol–water partition coefficient (Wildman–Crippen LogP) is 3.75. The van der Waals surface area contributed by atoms with Crippen molar-refractivity contribution in [3.05, 3.63) is 47.7 Å². The first kappa shape index (κ1) is 25.2. The Morgan fingerprint density at radius 1 is 1.11 bits per heavy atom. The Labute approximate surface area is 214 Å². The summed E-state index contributed by atoms with van der Waals surface area (Å²) in [6.07, 6.45) is 6.75. The highest BCUT2D eigenvalue weighted by atomic mass is 16.5. The largest absolute Gasteiger partial charge is 0.393 e. The van der Waals surface area contributed by atoms with Crippen LogP contribution in [0.4, 0.5) is 5.82 Å². The molecule has 36 heavy (non-hydrogen) atoms. The highest BCUT2D eigenvalue weighted by Crippen LogP contribution is 2.41. The van der Waals surface area contributed by atoms with Gasteiger partial charge in [0.1, 0.15) is 5.82 Å². The predicted molar refractivity (Wildman–Crippen MR) is 142 cm³/mol. The number of anilines is 1. The normalized spacial score (nSPS) is 29.8. The van der Waals surface area contributed by atoms with Crippen LogP contribution in [0.1, 0.15) is 68.3 Å². The summed E-state index contributed by atoms with van der Waals surface area (Å²) >= 11 is 0. The second kappa shape index (κ2) is 10.5. The van der Waals surface area contributed by atoms with Gasteiger partial charge in [0.2, 0.25) is 0 Å². The van der Waals surface area contributed by atoms with Crippen LogP contribution >= 0.6 is 0 Å². The van der Waals surface area contributed by atoms with Gasteiger partial charge in [-0.1, -0.05) is 38.1 Å². The van der Waals surface area contributed by atoms with Gasteiger partial charge in [-0.15, -0.1) is 0 Å². The second-order valence-corrected chi connectivity index (χ2v) is 11.3. The van der Waals surface area contributed by atoms with Crippen molar-refractivity contribution in [2.75, 3.05) is 32.0 Å². The molecule has 2 atom stereocenters. The summed E-state index contributed by atoms with van der Waals surface area (Å²) in [7, 11) is 0. The summed E-state index contributed by atoms with van der Waals surface area (Å²) in [5.41, 5.74) is 9.86. The lowest BCUT2D eigenvalue weighted by Gasteiger charge is -2.33. The van der Waals surface area contributed by atoms with Crippen molar-refractivity contribution in [3.8, 4) is 11.1 Å². The van der Waals surface area contributed by atoms with Crippen LogP contribution in [0.25, 0.3) is 11.1 Å². The van der Waals surface area contributed by atoms with E-state index in [0.29, 0.717) is 17.5 Å². The number of carbonyl (C=O) groups is 1. The van der Waals surface area contributed by atoms with Gasteiger partial charge in [0.05, 0.1) is 11.7 Å². The molecule has 194 valence electrons. The van der Waals surface area contributed by atoms with Gasteiger partial charge in [-0.05, 0) is 61.6 Å². The van der Waals surface area contributed by atoms with Crippen molar-refractivity contribution in [1.29, 1.82) is 0 Å². The fraction of sp³-hybridized carbons (Fsp3) is 0.586. The number of aliphatic hydroxyl groups excluding tert-OH is 1. The molecule has 0 unspecified atom stereocenters. The van der Waals surface area contributed by atoms with Crippen LogP contribution in [-0.4, -0.2) is 65.4 Å². The molecule has 4 N–H and O–H groups in total. The van der Waals surface area contributed by atoms with E-state index in [1.807, 2.05) is 6.07 Å². The summed E-state index contributed by atoms with van der Waals surface area (Å²) < 4.78 is 5.58. The van der Waals surface area contributed by atoms with E-state index in [4.69, 9.17) is 10.5 Å². The van der Waals surface area contributed by atoms with Crippen LogP contribution < -0.4 is 11.1 Å². The van der Waals surface area contributed by atoms with Gasteiger partial charge < -0.3 is 20.9 Å². The number of ether oxygens (including phenoxy) is 1. The maximum Gasteiger partial charge on any atom is 0.255 e. The quantitative estimate of drug-likeness (QED) is 0.588. The van der Waals surface area contributed by atoms with Crippen LogP contribution in [-0.2, 0) is 10.2 Å². The van der Waals surface area contributed by atoms with Gasteiger partial charge in [0.25, 0.3) is 5.91 Å². The summed E-state index contributed by atoms with van der Waals surface area (Å²) in [5.74, 6) is 0.616. The minimum Gasteiger partial charge on any atom is -0.393 e. The molecule has 1 aromatic carbocycles. The van der Waals surface area contributed by atoms with E-state index in [1.54, 1.807) is 6.20 Å². The highest BCUT2D eigenvalue weighted by Gasteiger charge is 2.43. The highest BCUT2D eigenvalue weighted by molar-refractivity contribution is 5.99. The van der Waals surface area contributed by atoms with E-state index >= 15 is 0 Å². The number of hydrogen-bond donors (Lipinski definition) is 3. The lowest BCUT2D eigenvalue weighted by molar-refractivity contribution is 0.0401. The minimum absolute atomic E-state index is 0.0677. The lowest BCUT2D eigenvalue weighted by Crippen LogP contribution is -2.39. The molecular formula is C29H40N4O3. The molecule has 1 aromatic heterocycles. The van der Waals surface area contributed by atoms with Crippen molar-refractivity contribution >= 4 is 11.7 Å². The number of nitrogen functional groups attached to an aromatic ring is 1. The molecule has 5 rings (SSSR count). The average molecular weight is 493 g/mol.